The van der Waals surface area contributed by atoms with E-state index in [1.165, 1.54) is 18.4 Å². The summed E-state index contributed by atoms with van der Waals surface area (Å²) in [6, 6.07) is 14.7. The van der Waals surface area contributed by atoms with Gasteiger partial charge in [-0.1, -0.05) is 34.1 Å². The molecule has 4 nitrogen and oxygen atoms in total. The number of aliphatic imine (C=N–C) groups is 1. The summed E-state index contributed by atoms with van der Waals surface area (Å²) in [5, 5.41) is 6.76. The highest BCUT2D eigenvalue weighted by Crippen LogP contribution is 2.48. The minimum absolute atomic E-state index is 0. The van der Waals surface area contributed by atoms with Gasteiger partial charge in [-0.2, -0.15) is 0 Å². The number of nitrogens with zero attached hydrogens (tertiary/aromatic N) is 2. The smallest absolute Gasteiger partial charge is 0.191 e. The molecule has 1 aliphatic rings. The van der Waals surface area contributed by atoms with E-state index in [1.807, 2.05) is 18.3 Å². The maximum absolute atomic E-state index is 4.84. The molecule has 0 aliphatic heterocycles. The Morgan fingerprint density at radius 3 is 2.69 bits per heavy atom. The van der Waals surface area contributed by atoms with Crippen LogP contribution in [-0.4, -0.2) is 30.6 Å². The van der Waals surface area contributed by atoms with Crippen molar-refractivity contribution < 1.29 is 0 Å². The number of hydrogen-bond acceptors (Lipinski definition) is 2. The lowest BCUT2D eigenvalue weighted by Crippen LogP contribution is -2.39. The van der Waals surface area contributed by atoms with Gasteiger partial charge < -0.3 is 10.6 Å². The maximum atomic E-state index is 4.84. The molecule has 26 heavy (non-hydrogen) atoms. The van der Waals surface area contributed by atoms with Crippen LogP contribution in [0.2, 0.25) is 0 Å². The fourth-order valence-electron chi connectivity index (χ4n) is 2.93. The molecule has 1 aliphatic carbocycles. The molecule has 1 saturated carbocycles. The number of rotatable bonds is 7. The molecule has 140 valence electrons. The van der Waals surface area contributed by atoms with Crippen molar-refractivity contribution in [2.75, 3.05) is 19.6 Å². The first kappa shape index (κ1) is 21.2. The quantitative estimate of drug-likeness (QED) is 0.320. The maximum Gasteiger partial charge on any atom is 0.191 e. The third-order valence-corrected chi connectivity index (χ3v) is 5.07. The van der Waals surface area contributed by atoms with E-state index >= 15 is 0 Å². The highest BCUT2D eigenvalue weighted by atomic mass is 127. The molecule has 1 heterocycles. The van der Waals surface area contributed by atoms with Gasteiger partial charge in [-0.15, -0.1) is 24.0 Å². The van der Waals surface area contributed by atoms with Gasteiger partial charge in [0.05, 0.1) is 6.54 Å². The van der Waals surface area contributed by atoms with Gasteiger partial charge in [-0.05, 0) is 49.6 Å². The third-order valence-electron chi connectivity index (χ3n) is 4.57. The molecule has 1 fully saturated rings. The number of nitrogens with one attached hydrogen (secondary N) is 2. The lowest BCUT2D eigenvalue weighted by molar-refractivity contribution is 0.691. The largest absolute Gasteiger partial charge is 0.357 e. The molecule has 6 heteroatoms. The van der Waals surface area contributed by atoms with Crippen LogP contribution in [0.15, 0.2) is 58.1 Å². The Labute approximate surface area is 181 Å². The topological polar surface area (TPSA) is 49.3 Å². The van der Waals surface area contributed by atoms with E-state index in [9.17, 15) is 0 Å². The molecule has 2 N–H and O–H groups in total. The molecule has 1 aromatic carbocycles. The molecule has 0 bridgehead atoms. The highest BCUT2D eigenvalue weighted by Gasteiger charge is 2.44. The summed E-state index contributed by atoms with van der Waals surface area (Å²) >= 11 is 3.58. The Hall–Kier alpha value is -1.15. The van der Waals surface area contributed by atoms with E-state index in [2.05, 4.69) is 68.8 Å². The Morgan fingerprint density at radius 2 is 2.04 bits per heavy atom. The van der Waals surface area contributed by atoms with Crippen molar-refractivity contribution in [1.82, 2.24) is 15.6 Å². The van der Waals surface area contributed by atoms with E-state index in [4.69, 9.17) is 4.99 Å². The van der Waals surface area contributed by atoms with E-state index in [1.54, 1.807) is 0 Å². The zero-order chi connectivity index (χ0) is 17.5. The van der Waals surface area contributed by atoms with Crippen molar-refractivity contribution >= 4 is 45.9 Å². The second-order valence-electron chi connectivity index (χ2n) is 6.48. The Kier molecular flexibility index (Phi) is 8.34. The van der Waals surface area contributed by atoms with Crippen LogP contribution in [0.5, 0.6) is 0 Å². The molecule has 0 spiro atoms. The second kappa shape index (κ2) is 10.3. The van der Waals surface area contributed by atoms with Crippen LogP contribution in [0.25, 0.3) is 0 Å². The van der Waals surface area contributed by atoms with E-state index in [0.717, 1.165) is 42.2 Å². The van der Waals surface area contributed by atoms with E-state index in [-0.39, 0.29) is 29.4 Å². The number of guanidine groups is 1. The van der Waals surface area contributed by atoms with Gasteiger partial charge in [0.2, 0.25) is 0 Å². The van der Waals surface area contributed by atoms with Crippen molar-refractivity contribution in [3.05, 3.63) is 64.4 Å². The zero-order valence-electron chi connectivity index (χ0n) is 15.0. The summed E-state index contributed by atoms with van der Waals surface area (Å²) in [5.74, 6) is 0.889. The summed E-state index contributed by atoms with van der Waals surface area (Å²) in [6.45, 7) is 4.60. The first-order valence-corrected chi connectivity index (χ1v) is 9.69. The summed E-state index contributed by atoms with van der Waals surface area (Å²) in [6.07, 6.45) is 5.14. The van der Waals surface area contributed by atoms with Crippen molar-refractivity contribution in [1.29, 1.82) is 0 Å². The molecule has 0 radical (unpaired) electrons. The molecule has 0 saturated heterocycles. The minimum Gasteiger partial charge on any atom is -0.357 e. The number of hydrogen-bond donors (Lipinski definition) is 2. The van der Waals surface area contributed by atoms with E-state index < -0.39 is 0 Å². The van der Waals surface area contributed by atoms with E-state index in [0.29, 0.717) is 0 Å². The van der Waals surface area contributed by atoms with Crippen LogP contribution < -0.4 is 10.6 Å². The summed E-state index contributed by atoms with van der Waals surface area (Å²) in [5.41, 5.74) is 2.70. The Bertz CT molecular complexity index is 717. The van der Waals surface area contributed by atoms with Crippen LogP contribution in [0, 0.1) is 0 Å². The molecular formula is C20H26BrIN4. The van der Waals surface area contributed by atoms with Gasteiger partial charge >= 0.3 is 0 Å². The van der Waals surface area contributed by atoms with Crippen molar-refractivity contribution in [2.45, 2.75) is 31.6 Å². The van der Waals surface area contributed by atoms with Crippen molar-refractivity contribution in [2.24, 2.45) is 4.99 Å². The monoisotopic (exact) mass is 528 g/mol. The Balaban J connectivity index is 0.00000243. The Morgan fingerprint density at radius 1 is 1.19 bits per heavy atom. The number of halogens is 2. The molecule has 1 aromatic heterocycles. The average molecular weight is 529 g/mol. The molecule has 0 amide bonds. The van der Waals surface area contributed by atoms with Crippen LogP contribution in [0.1, 0.15) is 31.0 Å². The fourth-order valence-corrected chi connectivity index (χ4v) is 3.33. The SMILES string of the molecule is CCNC(=NCC1(c2cccc(Br)c2)CC1)NCCc1ccccn1.I. The van der Waals surface area contributed by atoms with Crippen LogP contribution >= 0.6 is 39.9 Å². The zero-order valence-corrected chi connectivity index (χ0v) is 19.0. The standard InChI is InChI=1S/C20H25BrN4.HI/c1-2-22-19(24-13-9-18-8-3-4-12-23-18)25-15-20(10-11-20)16-6-5-7-17(21)14-16;/h3-8,12,14H,2,9-11,13,15H2,1H3,(H2,22,24,25);1H. The van der Waals surface area contributed by atoms with Gasteiger partial charge in [0.15, 0.2) is 5.96 Å². The highest BCUT2D eigenvalue weighted by molar-refractivity contribution is 14.0. The predicted molar refractivity (Wildman–Crippen MR) is 122 cm³/mol. The number of aromatic nitrogens is 1. The van der Waals surface area contributed by atoms with Gasteiger partial charge in [0, 0.05) is 41.3 Å². The molecule has 3 rings (SSSR count). The van der Waals surface area contributed by atoms with Crippen LogP contribution in [0.3, 0.4) is 0 Å². The summed E-state index contributed by atoms with van der Waals surface area (Å²) in [7, 11) is 0. The third kappa shape index (κ3) is 5.94. The summed E-state index contributed by atoms with van der Waals surface area (Å²) in [4.78, 5) is 9.20. The normalized spacial score (nSPS) is 15.1. The first-order chi connectivity index (χ1) is 12.2. The lowest BCUT2D eigenvalue weighted by atomic mass is 9.96. The van der Waals surface area contributed by atoms with Crippen LogP contribution in [0.4, 0.5) is 0 Å². The minimum atomic E-state index is 0. The average Bonchev–Trinajstić information content (AvgIpc) is 3.42. The molecular weight excluding hydrogens is 503 g/mol. The second-order valence-corrected chi connectivity index (χ2v) is 7.40. The fraction of sp³-hybridized carbons (Fsp3) is 0.400. The van der Waals surface area contributed by atoms with Gasteiger partial charge in [-0.3, -0.25) is 9.98 Å². The van der Waals surface area contributed by atoms with Gasteiger partial charge in [0.25, 0.3) is 0 Å². The molecule has 0 atom stereocenters. The first-order valence-electron chi connectivity index (χ1n) is 8.90. The number of pyridine rings is 1. The molecule has 2 aromatic rings. The summed E-state index contributed by atoms with van der Waals surface area (Å²) < 4.78 is 1.14. The van der Waals surface area contributed by atoms with Gasteiger partial charge in [-0.25, -0.2) is 0 Å². The van der Waals surface area contributed by atoms with Crippen molar-refractivity contribution in [3.63, 3.8) is 0 Å². The lowest BCUT2D eigenvalue weighted by Gasteiger charge is -2.16. The molecule has 0 unspecified atom stereocenters. The predicted octanol–water partition coefficient (Wildman–Crippen LogP) is 4.29. The number of benzene rings is 1. The van der Waals surface area contributed by atoms with Gasteiger partial charge in [0.1, 0.15) is 0 Å². The van der Waals surface area contributed by atoms with Crippen molar-refractivity contribution in [3.8, 4) is 0 Å². The van der Waals surface area contributed by atoms with Crippen LogP contribution in [-0.2, 0) is 11.8 Å².